The van der Waals surface area contributed by atoms with E-state index < -0.39 is 5.97 Å². The van der Waals surface area contributed by atoms with Gasteiger partial charge in [-0.05, 0) is 44.0 Å². The molecule has 5 nitrogen and oxygen atoms in total. The zero-order valence-corrected chi connectivity index (χ0v) is 17.6. The number of aromatic nitrogens is 1. The van der Waals surface area contributed by atoms with Gasteiger partial charge in [-0.3, -0.25) is 9.98 Å². The molecule has 156 valence electrons. The first kappa shape index (κ1) is 20.5. The van der Waals surface area contributed by atoms with E-state index in [4.69, 9.17) is 9.47 Å². The molecule has 1 aromatic heterocycles. The lowest BCUT2D eigenvalue weighted by Crippen LogP contribution is -2.19. The van der Waals surface area contributed by atoms with E-state index in [9.17, 15) is 4.79 Å². The van der Waals surface area contributed by atoms with Crippen LogP contribution in [0.25, 0.3) is 0 Å². The summed E-state index contributed by atoms with van der Waals surface area (Å²) >= 11 is 0. The molecule has 3 aromatic rings. The number of esters is 1. The van der Waals surface area contributed by atoms with Gasteiger partial charge in [0.05, 0.1) is 17.2 Å². The van der Waals surface area contributed by atoms with Crippen molar-refractivity contribution in [2.75, 3.05) is 0 Å². The van der Waals surface area contributed by atoms with E-state index in [1.54, 1.807) is 18.3 Å². The molecule has 0 fully saturated rings. The van der Waals surface area contributed by atoms with Crippen molar-refractivity contribution < 1.29 is 14.3 Å². The van der Waals surface area contributed by atoms with Crippen LogP contribution in [0.4, 0.5) is 0 Å². The van der Waals surface area contributed by atoms with Gasteiger partial charge in [0.2, 0.25) is 0 Å². The summed E-state index contributed by atoms with van der Waals surface area (Å²) in [7, 11) is 0. The van der Waals surface area contributed by atoms with Gasteiger partial charge in [-0.25, -0.2) is 4.79 Å². The third-order valence-corrected chi connectivity index (χ3v) is 5.16. The molecule has 31 heavy (non-hydrogen) atoms. The van der Waals surface area contributed by atoms with Crippen molar-refractivity contribution in [1.82, 2.24) is 4.98 Å². The molecule has 0 saturated heterocycles. The summed E-state index contributed by atoms with van der Waals surface area (Å²) in [6, 6.07) is 21.3. The fourth-order valence-corrected chi connectivity index (χ4v) is 3.70. The average molecular weight is 412 g/mol. The molecule has 1 aliphatic rings. The summed E-state index contributed by atoms with van der Waals surface area (Å²) in [5.74, 6) is 0.721. The van der Waals surface area contributed by atoms with Crippen LogP contribution in [-0.2, 0) is 11.3 Å². The van der Waals surface area contributed by atoms with Crippen molar-refractivity contribution >= 4 is 11.7 Å². The molecule has 4 rings (SSSR count). The third kappa shape index (κ3) is 4.89. The number of aliphatic imine (C=N–C) groups is 1. The van der Waals surface area contributed by atoms with Gasteiger partial charge in [-0.2, -0.15) is 0 Å². The second-order valence-electron chi connectivity index (χ2n) is 7.50. The van der Waals surface area contributed by atoms with Gasteiger partial charge < -0.3 is 9.47 Å². The molecular weight excluding hydrogens is 388 g/mol. The van der Waals surface area contributed by atoms with Gasteiger partial charge in [0.15, 0.2) is 0 Å². The molecule has 0 bridgehead atoms. The van der Waals surface area contributed by atoms with Gasteiger partial charge >= 0.3 is 5.97 Å². The van der Waals surface area contributed by atoms with Crippen molar-refractivity contribution in [3.8, 4) is 5.75 Å². The Morgan fingerprint density at radius 3 is 2.55 bits per heavy atom. The maximum atomic E-state index is 12.7. The predicted octanol–water partition coefficient (Wildman–Crippen LogP) is 5.70. The number of benzene rings is 2. The minimum absolute atomic E-state index is 0.162. The number of para-hydroxylation sites is 1. The zero-order valence-electron chi connectivity index (χ0n) is 17.6. The average Bonchev–Trinajstić information content (AvgIpc) is 2.80. The highest BCUT2D eigenvalue weighted by Crippen LogP contribution is 2.40. The predicted molar refractivity (Wildman–Crippen MR) is 120 cm³/mol. The van der Waals surface area contributed by atoms with Crippen molar-refractivity contribution in [1.29, 1.82) is 0 Å². The lowest BCUT2D eigenvalue weighted by molar-refractivity contribution is 0.0598. The number of carbonyl (C=O) groups excluding carboxylic acids is 1. The minimum Gasteiger partial charge on any atom is -0.489 e. The molecule has 1 atom stereocenters. The van der Waals surface area contributed by atoms with E-state index in [-0.39, 0.29) is 5.92 Å². The lowest BCUT2D eigenvalue weighted by Gasteiger charge is -2.27. The van der Waals surface area contributed by atoms with Crippen LogP contribution in [0.2, 0.25) is 0 Å². The quantitative estimate of drug-likeness (QED) is 0.488. The molecule has 0 spiro atoms. The van der Waals surface area contributed by atoms with E-state index in [0.717, 1.165) is 22.6 Å². The molecule has 1 aliphatic heterocycles. The molecule has 0 amide bonds. The van der Waals surface area contributed by atoms with Gasteiger partial charge in [-0.1, -0.05) is 48.5 Å². The topological polar surface area (TPSA) is 60.8 Å². The molecule has 1 unspecified atom stereocenters. The zero-order chi connectivity index (χ0) is 21.6. The van der Waals surface area contributed by atoms with Crippen LogP contribution in [0.15, 0.2) is 95.6 Å². The van der Waals surface area contributed by atoms with Crippen molar-refractivity contribution in [2.24, 2.45) is 4.99 Å². The van der Waals surface area contributed by atoms with E-state index in [1.165, 1.54) is 6.20 Å². The summed E-state index contributed by atoms with van der Waals surface area (Å²) in [4.78, 5) is 21.3. The number of rotatable bonds is 6. The van der Waals surface area contributed by atoms with Gasteiger partial charge in [0, 0.05) is 23.7 Å². The Morgan fingerprint density at radius 2 is 1.77 bits per heavy atom. The van der Waals surface area contributed by atoms with Gasteiger partial charge in [-0.15, -0.1) is 0 Å². The van der Waals surface area contributed by atoms with E-state index in [1.807, 2.05) is 68.4 Å². The Bertz CT molecular complexity index is 1120. The number of nitrogens with zero attached hydrogens (tertiary/aromatic N) is 2. The van der Waals surface area contributed by atoms with Gasteiger partial charge in [0.1, 0.15) is 18.1 Å². The normalized spacial score (nSPS) is 15.9. The number of hydrogen-bond donors (Lipinski definition) is 0. The van der Waals surface area contributed by atoms with E-state index in [0.29, 0.717) is 30.0 Å². The molecule has 2 aromatic carbocycles. The van der Waals surface area contributed by atoms with E-state index in [2.05, 4.69) is 9.98 Å². The summed E-state index contributed by atoms with van der Waals surface area (Å²) in [5, 5.41) is 0. The highest BCUT2D eigenvalue weighted by Gasteiger charge is 2.30. The lowest BCUT2D eigenvalue weighted by atomic mass is 9.88. The van der Waals surface area contributed by atoms with Crippen LogP contribution >= 0.6 is 0 Å². The number of pyridine rings is 1. The molecule has 0 saturated carbocycles. The second-order valence-corrected chi connectivity index (χ2v) is 7.50. The van der Waals surface area contributed by atoms with Crippen LogP contribution in [-0.4, -0.2) is 16.7 Å². The standard InChI is InChI=1S/C26H24N2O3/c1-18-15-23(25(19(2)28-18)31-26(29)21-11-8-14-27-16-21)22-12-6-7-13-24(22)30-17-20-9-4-3-5-10-20/h3-14,16,23H,15,17H2,1-2H3. The SMILES string of the molecule is CC1=NC(C)=C(OC(=O)c2cccnc2)C(c2ccccc2OCc2ccccc2)C1. The summed E-state index contributed by atoms with van der Waals surface area (Å²) in [5.41, 5.74) is 4.15. The van der Waals surface area contributed by atoms with Crippen LogP contribution in [0.1, 0.15) is 47.7 Å². The Kier molecular flexibility index (Phi) is 6.22. The summed E-state index contributed by atoms with van der Waals surface area (Å²) in [6.45, 7) is 4.32. The van der Waals surface area contributed by atoms with Crippen LogP contribution in [0.5, 0.6) is 5.75 Å². The molecule has 0 radical (unpaired) electrons. The highest BCUT2D eigenvalue weighted by molar-refractivity contribution is 5.90. The first-order valence-corrected chi connectivity index (χ1v) is 10.2. The first-order chi connectivity index (χ1) is 15.1. The number of hydrogen-bond acceptors (Lipinski definition) is 5. The van der Waals surface area contributed by atoms with Gasteiger partial charge in [0.25, 0.3) is 0 Å². The Labute approximate surface area is 182 Å². The molecule has 0 aliphatic carbocycles. The fraction of sp³-hybridized carbons (Fsp3) is 0.192. The highest BCUT2D eigenvalue weighted by atomic mass is 16.5. The molecule has 0 N–H and O–H groups in total. The third-order valence-electron chi connectivity index (χ3n) is 5.16. The second kappa shape index (κ2) is 9.39. The largest absolute Gasteiger partial charge is 0.489 e. The van der Waals surface area contributed by atoms with E-state index >= 15 is 0 Å². The Hall–Kier alpha value is -3.73. The monoisotopic (exact) mass is 412 g/mol. The van der Waals surface area contributed by atoms with Crippen LogP contribution in [0, 0.1) is 0 Å². The minimum atomic E-state index is -0.440. The van der Waals surface area contributed by atoms with Crippen molar-refractivity contribution in [3.63, 3.8) is 0 Å². The molecular formula is C26H24N2O3. The number of ether oxygens (including phenoxy) is 2. The smallest absolute Gasteiger partial charge is 0.344 e. The molecule has 2 heterocycles. The van der Waals surface area contributed by atoms with Crippen molar-refractivity contribution in [2.45, 2.75) is 32.8 Å². The van der Waals surface area contributed by atoms with Crippen LogP contribution in [0.3, 0.4) is 0 Å². The Morgan fingerprint density at radius 1 is 1.00 bits per heavy atom. The van der Waals surface area contributed by atoms with Crippen molar-refractivity contribution in [3.05, 3.63) is 107 Å². The summed E-state index contributed by atoms with van der Waals surface area (Å²) in [6.07, 6.45) is 3.78. The molecule has 5 heteroatoms. The van der Waals surface area contributed by atoms with Crippen LogP contribution < -0.4 is 4.74 Å². The fourth-order valence-electron chi connectivity index (χ4n) is 3.70. The maximum absolute atomic E-state index is 12.7. The first-order valence-electron chi connectivity index (χ1n) is 10.2. The number of allylic oxidation sites excluding steroid dienone is 2. The Balaban J connectivity index is 1.63. The number of carbonyl (C=O) groups is 1. The maximum Gasteiger partial charge on any atom is 0.344 e. The summed E-state index contributed by atoms with van der Waals surface area (Å²) < 4.78 is 12.0.